The van der Waals surface area contributed by atoms with Crippen LogP contribution in [0.15, 0.2) is 17.3 Å². The summed E-state index contributed by atoms with van der Waals surface area (Å²) < 4.78 is 0. The molecule has 4 heteroatoms. The summed E-state index contributed by atoms with van der Waals surface area (Å²) in [5, 5.41) is 1.72. The summed E-state index contributed by atoms with van der Waals surface area (Å²) in [5.41, 5.74) is 3.88. The predicted molar refractivity (Wildman–Crippen MR) is 72.5 cm³/mol. The SMILES string of the molecule is CC1(C)CCCc2cc(C3=NCCN3N)cnc21. The summed E-state index contributed by atoms with van der Waals surface area (Å²) >= 11 is 0. The molecule has 1 aromatic rings. The molecule has 2 aliphatic rings. The molecule has 0 aromatic carbocycles. The molecule has 0 unspecified atom stereocenters. The highest BCUT2D eigenvalue weighted by Crippen LogP contribution is 2.35. The second-order valence-electron chi connectivity index (χ2n) is 5.87. The highest BCUT2D eigenvalue weighted by Gasteiger charge is 2.29. The molecule has 0 spiro atoms. The monoisotopic (exact) mass is 244 g/mol. The third kappa shape index (κ3) is 1.81. The number of nitrogens with two attached hydrogens (primary N) is 1. The minimum atomic E-state index is 0.200. The summed E-state index contributed by atoms with van der Waals surface area (Å²) in [6.07, 6.45) is 5.51. The molecule has 0 radical (unpaired) electrons. The molecular weight excluding hydrogens is 224 g/mol. The largest absolute Gasteiger partial charge is 0.293 e. The zero-order chi connectivity index (χ0) is 12.8. The van der Waals surface area contributed by atoms with Gasteiger partial charge in [0, 0.05) is 22.9 Å². The van der Waals surface area contributed by atoms with E-state index in [0.717, 1.165) is 30.9 Å². The van der Waals surface area contributed by atoms with Gasteiger partial charge in [-0.25, -0.2) is 5.84 Å². The molecule has 0 saturated carbocycles. The molecule has 0 atom stereocenters. The Hall–Kier alpha value is -1.42. The van der Waals surface area contributed by atoms with E-state index in [1.165, 1.54) is 24.1 Å². The van der Waals surface area contributed by atoms with E-state index in [4.69, 9.17) is 5.84 Å². The van der Waals surface area contributed by atoms with Crippen molar-refractivity contribution in [2.75, 3.05) is 13.1 Å². The maximum Gasteiger partial charge on any atom is 0.146 e. The van der Waals surface area contributed by atoms with Gasteiger partial charge in [0.25, 0.3) is 0 Å². The number of hydrogen-bond acceptors (Lipinski definition) is 4. The first-order chi connectivity index (χ1) is 8.58. The summed E-state index contributed by atoms with van der Waals surface area (Å²) in [7, 11) is 0. The van der Waals surface area contributed by atoms with Gasteiger partial charge in [-0.2, -0.15) is 0 Å². The third-order valence-electron chi connectivity index (χ3n) is 3.99. The number of rotatable bonds is 1. The van der Waals surface area contributed by atoms with Crippen LogP contribution in [0.25, 0.3) is 0 Å². The number of amidine groups is 1. The summed E-state index contributed by atoms with van der Waals surface area (Å²) in [6.45, 7) is 6.15. The van der Waals surface area contributed by atoms with Crippen molar-refractivity contribution in [3.05, 3.63) is 29.1 Å². The quantitative estimate of drug-likeness (QED) is 0.764. The van der Waals surface area contributed by atoms with Crippen LogP contribution in [0, 0.1) is 0 Å². The maximum absolute atomic E-state index is 5.92. The van der Waals surface area contributed by atoms with E-state index in [-0.39, 0.29) is 5.41 Å². The van der Waals surface area contributed by atoms with Gasteiger partial charge in [0.05, 0.1) is 13.1 Å². The molecule has 1 aliphatic carbocycles. The van der Waals surface area contributed by atoms with Gasteiger partial charge in [-0.15, -0.1) is 0 Å². The first-order valence-electron chi connectivity index (χ1n) is 6.64. The van der Waals surface area contributed by atoms with Crippen molar-refractivity contribution in [1.82, 2.24) is 9.99 Å². The van der Waals surface area contributed by atoms with Crippen molar-refractivity contribution in [3.63, 3.8) is 0 Å². The normalized spacial score (nSPS) is 21.7. The van der Waals surface area contributed by atoms with Crippen molar-refractivity contribution in [1.29, 1.82) is 0 Å². The lowest BCUT2D eigenvalue weighted by molar-refractivity contribution is 0.418. The summed E-state index contributed by atoms with van der Waals surface area (Å²) in [4.78, 5) is 9.14. The molecule has 2 heterocycles. The van der Waals surface area contributed by atoms with E-state index in [2.05, 4.69) is 29.9 Å². The van der Waals surface area contributed by atoms with E-state index in [1.54, 1.807) is 5.01 Å². The lowest BCUT2D eigenvalue weighted by Gasteiger charge is -2.31. The zero-order valence-electron chi connectivity index (χ0n) is 11.1. The molecule has 0 saturated heterocycles. The van der Waals surface area contributed by atoms with Crippen molar-refractivity contribution in [2.24, 2.45) is 10.8 Å². The lowest BCUT2D eigenvalue weighted by Crippen LogP contribution is -2.35. The van der Waals surface area contributed by atoms with Gasteiger partial charge < -0.3 is 0 Å². The fourth-order valence-electron chi connectivity index (χ4n) is 2.99. The van der Waals surface area contributed by atoms with Crippen LogP contribution in [0.2, 0.25) is 0 Å². The Bertz CT molecular complexity index is 505. The number of aryl methyl sites for hydroxylation is 1. The molecule has 1 aliphatic heterocycles. The molecule has 96 valence electrons. The Morgan fingerprint density at radius 1 is 1.39 bits per heavy atom. The average Bonchev–Trinajstić information content (AvgIpc) is 2.74. The van der Waals surface area contributed by atoms with E-state index >= 15 is 0 Å². The van der Waals surface area contributed by atoms with Gasteiger partial charge >= 0.3 is 0 Å². The van der Waals surface area contributed by atoms with E-state index in [1.807, 2.05) is 6.20 Å². The molecular formula is C14H20N4. The van der Waals surface area contributed by atoms with Crippen LogP contribution in [0.3, 0.4) is 0 Å². The molecule has 0 amide bonds. The molecule has 2 N–H and O–H groups in total. The van der Waals surface area contributed by atoms with Gasteiger partial charge in [0.15, 0.2) is 0 Å². The predicted octanol–water partition coefficient (Wildman–Crippen LogP) is 1.63. The van der Waals surface area contributed by atoms with Crippen molar-refractivity contribution in [2.45, 2.75) is 38.5 Å². The van der Waals surface area contributed by atoms with Crippen LogP contribution < -0.4 is 5.84 Å². The van der Waals surface area contributed by atoms with Crippen molar-refractivity contribution in [3.8, 4) is 0 Å². The van der Waals surface area contributed by atoms with E-state index in [0.29, 0.717) is 0 Å². The first kappa shape index (κ1) is 11.7. The minimum Gasteiger partial charge on any atom is -0.293 e. The molecule has 0 bridgehead atoms. The maximum atomic E-state index is 5.92. The van der Waals surface area contributed by atoms with Crippen LogP contribution in [0.5, 0.6) is 0 Å². The van der Waals surface area contributed by atoms with Crippen LogP contribution in [0.4, 0.5) is 0 Å². The van der Waals surface area contributed by atoms with Gasteiger partial charge in [-0.05, 0) is 30.9 Å². The number of pyridine rings is 1. The van der Waals surface area contributed by atoms with Gasteiger partial charge in [0.1, 0.15) is 5.84 Å². The average molecular weight is 244 g/mol. The number of hydrazine groups is 1. The van der Waals surface area contributed by atoms with Gasteiger partial charge in [0.2, 0.25) is 0 Å². The molecule has 1 aromatic heterocycles. The fraction of sp³-hybridized carbons (Fsp3) is 0.571. The standard InChI is InChI=1S/C14H20N4/c1-14(2)5-3-4-10-8-11(9-17-12(10)14)13-16-6-7-18(13)15/h8-9H,3-7,15H2,1-2H3. The van der Waals surface area contributed by atoms with Crippen LogP contribution in [-0.4, -0.2) is 28.9 Å². The van der Waals surface area contributed by atoms with E-state index < -0.39 is 0 Å². The Morgan fingerprint density at radius 2 is 2.22 bits per heavy atom. The van der Waals surface area contributed by atoms with Gasteiger partial charge in [-0.3, -0.25) is 15.0 Å². The summed E-state index contributed by atoms with van der Waals surface area (Å²) in [5.74, 6) is 6.80. The number of hydrogen-bond donors (Lipinski definition) is 1. The topological polar surface area (TPSA) is 54.5 Å². The number of nitrogens with zero attached hydrogens (tertiary/aromatic N) is 3. The lowest BCUT2D eigenvalue weighted by atomic mass is 9.76. The summed E-state index contributed by atoms with van der Waals surface area (Å²) in [6, 6.07) is 2.23. The first-order valence-corrected chi connectivity index (χ1v) is 6.64. The molecule has 4 nitrogen and oxygen atoms in total. The Labute approximate surface area is 108 Å². The van der Waals surface area contributed by atoms with Crippen LogP contribution in [0.1, 0.15) is 43.5 Å². The molecule has 18 heavy (non-hydrogen) atoms. The number of fused-ring (bicyclic) bond motifs is 1. The van der Waals surface area contributed by atoms with Gasteiger partial charge in [-0.1, -0.05) is 13.8 Å². The molecule has 0 fully saturated rings. The number of aromatic nitrogens is 1. The Balaban J connectivity index is 2.01. The van der Waals surface area contributed by atoms with Crippen molar-refractivity contribution < 1.29 is 0 Å². The number of aliphatic imine (C=N–C) groups is 1. The fourth-order valence-corrected chi connectivity index (χ4v) is 2.99. The smallest absolute Gasteiger partial charge is 0.146 e. The zero-order valence-corrected chi connectivity index (χ0v) is 11.1. The van der Waals surface area contributed by atoms with Crippen LogP contribution >= 0.6 is 0 Å². The Morgan fingerprint density at radius 3 is 2.94 bits per heavy atom. The second kappa shape index (κ2) is 4.05. The highest BCUT2D eigenvalue weighted by atomic mass is 15.5. The third-order valence-corrected chi connectivity index (χ3v) is 3.99. The van der Waals surface area contributed by atoms with E-state index in [9.17, 15) is 0 Å². The molecule has 3 rings (SSSR count). The highest BCUT2D eigenvalue weighted by molar-refractivity contribution is 5.99. The minimum absolute atomic E-state index is 0.200. The van der Waals surface area contributed by atoms with Crippen LogP contribution in [-0.2, 0) is 11.8 Å². The second-order valence-corrected chi connectivity index (χ2v) is 5.87. The van der Waals surface area contributed by atoms with Crippen molar-refractivity contribution >= 4 is 5.84 Å². The Kier molecular flexibility index (Phi) is 2.63.